The molecule has 0 aliphatic rings. The van der Waals surface area contributed by atoms with E-state index in [-0.39, 0.29) is 0 Å². The summed E-state index contributed by atoms with van der Waals surface area (Å²) in [6.07, 6.45) is 1.79. The van der Waals surface area contributed by atoms with E-state index in [4.69, 9.17) is 4.98 Å². The van der Waals surface area contributed by atoms with Gasteiger partial charge in [-0.05, 0) is 42.3 Å². The molecule has 0 aliphatic carbocycles. The van der Waals surface area contributed by atoms with E-state index in [0.29, 0.717) is 5.75 Å². The molecule has 0 fully saturated rings. The number of halogens is 1. The van der Waals surface area contributed by atoms with E-state index in [9.17, 15) is 5.11 Å². The number of nitrogens with zero attached hydrogens (tertiary/aromatic N) is 2. The largest absolute Gasteiger partial charge is 0.508 e. The zero-order valence-electron chi connectivity index (χ0n) is 11.9. The first-order valence-corrected chi connectivity index (χ1v) is 7.89. The molecule has 3 aromatic rings. The van der Waals surface area contributed by atoms with Crippen molar-refractivity contribution in [1.82, 2.24) is 9.55 Å². The van der Waals surface area contributed by atoms with Gasteiger partial charge in [-0.15, -0.1) is 0 Å². The fraction of sp³-hybridized carbons (Fsp3) is 0.235. The van der Waals surface area contributed by atoms with Crippen molar-refractivity contribution < 1.29 is 5.11 Å². The monoisotopic (exact) mass is 344 g/mol. The van der Waals surface area contributed by atoms with Gasteiger partial charge in [-0.25, -0.2) is 4.98 Å². The molecule has 0 spiro atoms. The Bertz CT molecular complexity index is 780. The lowest BCUT2D eigenvalue weighted by Crippen LogP contribution is -2.04. The predicted molar refractivity (Wildman–Crippen MR) is 88.6 cm³/mol. The maximum absolute atomic E-state index is 9.61. The highest BCUT2D eigenvalue weighted by Gasteiger charge is 2.11. The van der Waals surface area contributed by atoms with Crippen LogP contribution in [-0.4, -0.2) is 14.7 Å². The van der Waals surface area contributed by atoms with Gasteiger partial charge in [0, 0.05) is 17.4 Å². The number of rotatable bonds is 4. The van der Waals surface area contributed by atoms with Crippen LogP contribution >= 0.6 is 15.9 Å². The van der Waals surface area contributed by atoms with Crippen LogP contribution in [0.4, 0.5) is 0 Å². The summed E-state index contributed by atoms with van der Waals surface area (Å²) in [4.78, 5) is 4.77. The highest BCUT2D eigenvalue weighted by Crippen LogP contribution is 2.23. The lowest BCUT2D eigenvalue weighted by atomic mass is 10.1. The summed E-state index contributed by atoms with van der Waals surface area (Å²) in [5.74, 6) is 1.34. The van der Waals surface area contributed by atoms with Crippen LogP contribution in [-0.2, 0) is 13.0 Å². The number of benzene rings is 2. The minimum atomic E-state index is 0.299. The van der Waals surface area contributed by atoms with Gasteiger partial charge in [-0.1, -0.05) is 35.0 Å². The van der Waals surface area contributed by atoms with E-state index in [2.05, 4.69) is 33.5 Å². The summed E-state index contributed by atoms with van der Waals surface area (Å²) in [7, 11) is 0. The minimum absolute atomic E-state index is 0.299. The fourth-order valence-corrected chi connectivity index (χ4v) is 2.96. The topological polar surface area (TPSA) is 38.0 Å². The number of aromatic nitrogens is 2. The molecule has 108 valence electrons. The Morgan fingerprint density at radius 1 is 1.19 bits per heavy atom. The Hall–Kier alpha value is -1.81. The molecular formula is C17H17BrN2O. The van der Waals surface area contributed by atoms with Gasteiger partial charge < -0.3 is 9.67 Å². The number of imidazole rings is 1. The highest BCUT2D eigenvalue weighted by atomic mass is 79.9. The molecule has 0 amide bonds. The second-order valence-corrected chi connectivity index (χ2v) is 6.08. The van der Waals surface area contributed by atoms with Crippen LogP contribution in [0.5, 0.6) is 5.75 Å². The van der Waals surface area contributed by atoms with Crippen LogP contribution in [0, 0.1) is 0 Å². The standard InChI is InChI=1S/C17H17BrN2O/c1-2-8-20-16-7-6-13(18)11-15(16)19-17(20)10-12-4-3-5-14(21)9-12/h3-7,9,11,21H,2,8,10H2,1H3. The van der Waals surface area contributed by atoms with E-state index < -0.39 is 0 Å². The van der Waals surface area contributed by atoms with Crippen LogP contribution < -0.4 is 0 Å². The first kappa shape index (κ1) is 14.1. The quantitative estimate of drug-likeness (QED) is 0.756. The number of phenols is 1. The molecule has 1 aromatic heterocycles. The number of aryl methyl sites for hydroxylation is 1. The van der Waals surface area contributed by atoms with Crippen LogP contribution in [0.3, 0.4) is 0 Å². The van der Waals surface area contributed by atoms with E-state index in [1.165, 1.54) is 0 Å². The molecule has 0 radical (unpaired) electrons. The number of phenolic OH excluding ortho intramolecular Hbond substituents is 1. The van der Waals surface area contributed by atoms with Crippen LogP contribution in [0.25, 0.3) is 11.0 Å². The van der Waals surface area contributed by atoms with Gasteiger partial charge >= 0.3 is 0 Å². The number of hydrogen-bond acceptors (Lipinski definition) is 2. The van der Waals surface area contributed by atoms with Gasteiger partial charge in [-0.3, -0.25) is 0 Å². The van der Waals surface area contributed by atoms with Gasteiger partial charge in [0.1, 0.15) is 11.6 Å². The zero-order valence-corrected chi connectivity index (χ0v) is 13.5. The summed E-state index contributed by atoms with van der Waals surface area (Å²) in [5.41, 5.74) is 3.24. The first-order chi connectivity index (χ1) is 10.2. The molecule has 0 aliphatic heterocycles. The molecule has 3 nitrogen and oxygen atoms in total. The summed E-state index contributed by atoms with van der Waals surface area (Å²) in [5, 5.41) is 9.61. The molecule has 0 unspecified atom stereocenters. The van der Waals surface area contributed by atoms with Gasteiger partial charge in [-0.2, -0.15) is 0 Å². The summed E-state index contributed by atoms with van der Waals surface area (Å²) in [6.45, 7) is 3.12. The molecule has 0 saturated heterocycles. The molecule has 0 saturated carbocycles. The molecule has 2 aromatic carbocycles. The van der Waals surface area contributed by atoms with Crippen molar-refractivity contribution in [3.05, 3.63) is 58.3 Å². The van der Waals surface area contributed by atoms with E-state index in [1.54, 1.807) is 12.1 Å². The summed E-state index contributed by atoms with van der Waals surface area (Å²) < 4.78 is 3.31. The molecule has 1 N–H and O–H groups in total. The molecule has 4 heteroatoms. The Balaban J connectivity index is 2.06. The number of hydrogen-bond donors (Lipinski definition) is 1. The Kier molecular flexibility index (Phi) is 3.97. The van der Waals surface area contributed by atoms with Crippen LogP contribution in [0.1, 0.15) is 24.7 Å². The number of fused-ring (bicyclic) bond motifs is 1. The fourth-order valence-electron chi connectivity index (χ4n) is 2.61. The summed E-state index contributed by atoms with van der Waals surface area (Å²) in [6, 6.07) is 13.6. The molecular weight excluding hydrogens is 328 g/mol. The zero-order chi connectivity index (χ0) is 14.8. The Labute approximate surface area is 132 Å². The van der Waals surface area contributed by atoms with Crippen LogP contribution in [0.2, 0.25) is 0 Å². The second-order valence-electron chi connectivity index (χ2n) is 5.16. The van der Waals surface area contributed by atoms with Crippen LogP contribution in [0.15, 0.2) is 46.9 Å². The minimum Gasteiger partial charge on any atom is -0.508 e. The summed E-state index contributed by atoms with van der Waals surface area (Å²) >= 11 is 3.50. The molecule has 0 bridgehead atoms. The molecule has 3 rings (SSSR count). The Morgan fingerprint density at radius 3 is 2.81 bits per heavy atom. The van der Waals surface area contributed by atoms with Crippen molar-refractivity contribution in [2.75, 3.05) is 0 Å². The third-order valence-electron chi connectivity index (χ3n) is 3.51. The molecule has 1 heterocycles. The van der Waals surface area contributed by atoms with E-state index >= 15 is 0 Å². The maximum Gasteiger partial charge on any atom is 0.115 e. The highest BCUT2D eigenvalue weighted by molar-refractivity contribution is 9.10. The second kappa shape index (κ2) is 5.90. The van der Waals surface area contributed by atoms with Crippen molar-refractivity contribution in [3.63, 3.8) is 0 Å². The Morgan fingerprint density at radius 2 is 2.05 bits per heavy atom. The van der Waals surface area contributed by atoms with Crippen molar-refractivity contribution >= 4 is 27.0 Å². The maximum atomic E-state index is 9.61. The SMILES string of the molecule is CCCn1c(Cc2cccc(O)c2)nc2cc(Br)ccc21. The third-order valence-corrected chi connectivity index (χ3v) is 4.00. The van der Waals surface area contributed by atoms with Gasteiger partial charge in [0.25, 0.3) is 0 Å². The smallest absolute Gasteiger partial charge is 0.115 e. The average Bonchev–Trinajstić information content (AvgIpc) is 2.76. The van der Waals surface area contributed by atoms with Crippen molar-refractivity contribution in [2.45, 2.75) is 26.3 Å². The first-order valence-electron chi connectivity index (χ1n) is 7.10. The van der Waals surface area contributed by atoms with Crippen molar-refractivity contribution in [3.8, 4) is 5.75 Å². The normalized spacial score (nSPS) is 11.1. The lowest BCUT2D eigenvalue weighted by Gasteiger charge is -2.08. The lowest BCUT2D eigenvalue weighted by molar-refractivity contribution is 0.474. The van der Waals surface area contributed by atoms with E-state index in [0.717, 1.165) is 46.3 Å². The van der Waals surface area contributed by atoms with E-state index in [1.807, 2.05) is 24.3 Å². The average molecular weight is 345 g/mol. The van der Waals surface area contributed by atoms with Gasteiger partial charge in [0.2, 0.25) is 0 Å². The van der Waals surface area contributed by atoms with Gasteiger partial charge in [0.15, 0.2) is 0 Å². The third kappa shape index (κ3) is 2.95. The number of aromatic hydroxyl groups is 1. The van der Waals surface area contributed by atoms with Gasteiger partial charge in [0.05, 0.1) is 11.0 Å². The van der Waals surface area contributed by atoms with Crippen molar-refractivity contribution in [1.29, 1.82) is 0 Å². The van der Waals surface area contributed by atoms with Crippen molar-refractivity contribution in [2.24, 2.45) is 0 Å². The molecule has 0 atom stereocenters. The predicted octanol–water partition coefficient (Wildman–Crippen LogP) is 4.51. The molecule has 21 heavy (non-hydrogen) atoms.